The van der Waals surface area contributed by atoms with E-state index in [-0.39, 0.29) is 0 Å². The fraction of sp³-hybridized carbons (Fsp3) is 0. The molecule has 0 saturated carbocycles. The molecule has 0 amide bonds. The summed E-state index contributed by atoms with van der Waals surface area (Å²) in [5.74, 6) is 0. The van der Waals surface area contributed by atoms with Crippen molar-refractivity contribution in [2.75, 3.05) is 4.90 Å². The average molecular weight is 784 g/mol. The lowest BCUT2D eigenvalue weighted by atomic mass is 10.0. The summed E-state index contributed by atoms with van der Waals surface area (Å²) in [6, 6.07) is 79.3. The van der Waals surface area contributed by atoms with Gasteiger partial charge in [0.15, 0.2) is 0 Å². The molecule has 0 N–H and O–H groups in total. The number of fused-ring (bicyclic) bond motifs is 8. The van der Waals surface area contributed by atoms with Gasteiger partial charge < -0.3 is 14.0 Å². The normalized spacial score (nSPS) is 11.7. The van der Waals surface area contributed by atoms with E-state index in [1.165, 1.54) is 75.1 Å². The summed E-state index contributed by atoms with van der Waals surface area (Å²) in [6.45, 7) is 0. The Bertz CT molecular complexity index is 3410. The van der Waals surface area contributed by atoms with Crippen LogP contribution in [0.1, 0.15) is 0 Å². The van der Waals surface area contributed by atoms with Gasteiger partial charge in [-0.25, -0.2) is 0 Å². The second kappa shape index (κ2) is 14.0. The third-order valence-electron chi connectivity index (χ3n) is 11.9. The van der Waals surface area contributed by atoms with Crippen LogP contribution >= 0.6 is 11.3 Å². The molecule has 60 heavy (non-hydrogen) atoms. The number of benzene rings is 9. The van der Waals surface area contributed by atoms with E-state index in [2.05, 4.69) is 239 Å². The Morgan fingerprint density at radius 2 is 0.900 bits per heavy atom. The first kappa shape index (κ1) is 34.4. The molecule has 0 aliphatic heterocycles. The van der Waals surface area contributed by atoms with Crippen LogP contribution in [0.5, 0.6) is 0 Å². The number of anilines is 3. The molecule has 282 valence electrons. The van der Waals surface area contributed by atoms with Gasteiger partial charge in [-0.3, -0.25) is 0 Å². The molecule has 0 unspecified atom stereocenters. The van der Waals surface area contributed by atoms with Crippen LogP contribution in [0.4, 0.5) is 17.1 Å². The Kier molecular flexibility index (Phi) is 8.03. The van der Waals surface area contributed by atoms with Gasteiger partial charge in [0, 0.05) is 66.3 Å². The van der Waals surface area contributed by atoms with E-state index < -0.39 is 0 Å². The number of para-hydroxylation sites is 1. The van der Waals surface area contributed by atoms with E-state index in [9.17, 15) is 0 Å². The fourth-order valence-electron chi connectivity index (χ4n) is 9.05. The van der Waals surface area contributed by atoms with Gasteiger partial charge in [-0.05, 0) is 107 Å². The Morgan fingerprint density at radius 3 is 1.53 bits per heavy atom. The molecule has 9 aromatic carbocycles. The minimum atomic E-state index is 1.09. The minimum absolute atomic E-state index is 1.09. The lowest BCUT2D eigenvalue weighted by molar-refractivity contribution is 1.13. The third-order valence-corrected chi connectivity index (χ3v) is 13.1. The predicted octanol–water partition coefficient (Wildman–Crippen LogP) is 15.9. The molecule has 0 aliphatic carbocycles. The standard InChI is InChI=1S/C56H37N3S/c1-4-12-38(13-5-1)40-20-24-44(25-21-40)58(45-26-22-41(23-27-45)39-14-6-2-7-15-39)46-28-30-47(31-29-46)59-53-36-42-34-35-57(43-16-8-3-9-17-43)52(42)37-51(53)49-32-33-50-48-18-10-11-19-54(48)60-56(50)55(49)59/h1-37H. The highest BCUT2D eigenvalue weighted by Crippen LogP contribution is 2.45. The van der Waals surface area contributed by atoms with E-state index >= 15 is 0 Å². The largest absolute Gasteiger partial charge is 0.317 e. The first-order valence-corrected chi connectivity index (χ1v) is 21.2. The van der Waals surface area contributed by atoms with E-state index in [0.717, 1.165) is 28.4 Å². The lowest BCUT2D eigenvalue weighted by Gasteiger charge is -2.26. The summed E-state index contributed by atoms with van der Waals surface area (Å²) in [7, 11) is 0. The van der Waals surface area contributed by atoms with Crippen molar-refractivity contribution in [3.63, 3.8) is 0 Å². The van der Waals surface area contributed by atoms with E-state index in [4.69, 9.17) is 0 Å². The summed E-state index contributed by atoms with van der Waals surface area (Å²) in [5.41, 5.74) is 14.0. The molecule has 3 heterocycles. The maximum Gasteiger partial charge on any atom is 0.0719 e. The zero-order chi connectivity index (χ0) is 39.6. The molecule has 0 radical (unpaired) electrons. The molecule has 0 bridgehead atoms. The van der Waals surface area contributed by atoms with Crippen LogP contribution in [-0.4, -0.2) is 9.13 Å². The Labute approximate surface area is 351 Å². The molecule has 0 fully saturated rings. The second-order valence-electron chi connectivity index (χ2n) is 15.4. The minimum Gasteiger partial charge on any atom is -0.317 e. The second-order valence-corrected chi connectivity index (χ2v) is 16.5. The van der Waals surface area contributed by atoms with Crippen LogP contribution in [0.15, 0.2) is 225 Å². The number of hydrogen-bond acceptors (Lipinski definition) is 2. The van der Waals surface area contributed by atoms with Gasteiger partial charge >= 0.3 is 0 Å². The summed E-state index contributed by atoms with van der Waals surface area (Å²) in [4.78, 5) is 2.36. The van der Waals surface area contributed by atoms with E-state index in [1.807, 2.05) is 11.3 Å². The SMILES string of the molecule is c1ccc(-c2ccc(N(c3ccc(-c4ccccc4)cc3)c3ccc(-n4c5cc6ccn(-c7ccccc7)c6cc5c5ccc6c7ccccc7sc6c54)cc3)cc2)cc1. The molecule has 12 aromatic rings. The Morgan fingerprint density at radius 1 is 0.367 bits per heavy atom. The van der Waals surface area contributed by atoms with Crippen LogP contribution in [0, 0.1) is 0 Å². The zero-order valence-corrected chi connectivity index (χ0v) is 33.4. The Balaban J connectivity index is 1.03. The maximum absolute atomic E-state index is 2.50. The molecule has 0 aliphatic rings. The summed E-state index contributed by atoms with van der Waals surface area (Å²) in [6.07, 6.45) is 2.19. The van der Waals surface area contributed by atoms with Gasteiger partial charge in [0.1, 0.15) is 0 Å². The van der Waals surface area contributed by atoms with Gasteiger partial charge in [0.2, 0.25) is 0 Å². The average Bonchev–Trinajstić information content (AvgIpc) is 4.02. The molecule has 4 heteroatoms. The predicted molar refractivity (Wildman–Crippen MR) is 256 cm³/mol. The van der Waals surface area contributed by atoms with Crippen molar-refractivity contribution >= 4 is 81.3 Å². The van der Waals surface area contributed by atoms with Gasteiger partial charge in [0.05, 0.1) is 21.3 Å². The topological polar surface area (TPSA) is 13.1 Å². The third kappa shape index (κ3) is 5.65. The monoisotopic (exact) mass is 783 g/mol. The summed E-state index contributed by atoms with van der Waals surface area (Å²) in [5, 5.41) is 6.32. The van der Waals surface area contributed by atoms with Gasteiger partial charge in [-0.15, -0.1) is 11.3 Å². The summed E-state index contributed by atoms with van der Waals surface area (Å²) >= 11 is 1.89. The Hall–Kier alpha value is -7.66. The highest BCUT2D eigenvalue weighted by Gasteiger charge is 2.21. The highest BCUT2D eigenvalue weighted by molar-refractivity contribution is 7.26. The number of hydrogen-bond donors (Lipinski definition) is 0. The van der Waals surface area contributed by atoms with Crippen LogP contribution < -0.4 is 4.90 Å². The number of rotatable bonds is 7. The van der Waals surface area contributed by atoms with Crippen LogP contribution in [0.25, 0.3) is 86.5 Å². The smallest absolute Gasteiger partial charge is 0.0719 e. The first-order chi connectivity index (χ1) is 29.7. The summed E-state index contributed by atoms with van der Waals surface area (Å²) < 4.78 is 7.42. The molecule has 3 aromatic heterocycles. The van der Waals surface area contributed by atoms with Crippen LogP contribution in [-0.2, 0) is 0 Å². The molecule has 3 nitrogen and oxygen atoms in total. The zero-order valence-electron chi connectivity index (χ0n) is 32.6. The van der Waals surface area contributed by atoms with E-state index in [1.54, 1.807) is 0 Å². The van der Waals surface area contributed by atoms with Crippen LogP contribution in [0.3, 0.4) is 0 Å². The number of nitrogens with zero attached hydrogens (tertiary/aromatic N) is 3. The lowest BCUT2D eigenvalue weighted by Crippen LogP contribution is -2.10. The first-order valence-electron chi connectivity index (χ1n) is 20.4. The van der Waals surface area contributed by atoms with Crippen molar-refractivity contribution in [1.29, 1.82) is 0 Å². The maximum atomic E-state index is 2.50. The van der Waals surface area contributed by atoms with Gasteiger partial charge in [-0.1, -0.05) is 133 Å². The van der Waals surface area contributed by atoms with Crippen molar-refractivity contribution in [1.82, 2.24) is 9.13 Å². The van der Waals surface area contributed by atoms with Crippen molar-refractivity contribution in [2.45, 2.75) is 0 Å². The van der Waals surface area contributed by atoms with Crippen LogP contribution in [0.2, 0.25) is 0 Å². The number of thiophene rings is 1. The quantitative estimate of drug-likeness (QED) is 0.157. The van der Waals surface area contributed by atoms with Gasteiger partial charge in [0.25, 0.3) is 0 Å². The van der Waals surface area contributed by atoms with E-state index in [0.29, 0.717) is 0 Å². The van der Waals surface area contributed by atoms with Crippen molar-refractivity contribution in [3.05, 3.63) is 225 Å². The van der Waals surface area contributed by atoms with Gasteiger partial charge in [-0.2, -0.15) is 0 Å². The van der Waals surface area contributed by atoms with Crippen molar-refractivity contribution in [2.24, 2.45) is 0 Å². The molecule has 0 atom stereocenters. The fourth-order valence-corrected chi connectivity index (χ4v) is 10.3. The highest BCUT2D eigenvalue weighted by atomic mass is 32.1. The molecule has 0 spiro atoms. The molecular weight excluding hydrogens is 747 g/mol. The molecular formula is C56H37N3S. The number of aromatic nitrogens is 2. The van der Waals surface area contributed by atoms with Crippen molar-refractivity contribution in [3.8, 4) is 33.6 Å². The molecule has 12 rings (SSSR count). The van der Waals surface area contributed by atoms with Crippen molar-refractivity contribution < 1.29 is 0 Å². The molecule has 0 saturated heterocycles.